The monoisotopic (exact) mass is 376 g/mol. The molecule has 4 aromatic rings. The second kappa shape index (κ2) is 8.33. The fourth-order valence-corrected chi connectivity index (χ4v) is 3.32. The molecule has 0 saturated heterocycles. The zero-order valence-electron chi connectivity index (χ0n) is 15.0. The summed E-state index contributed by atoms with van der Waals surface area (Å²) in [6.45, 7) is 2.66. The minimum absolute atomic E-state index is 0.708. The van der Waals surface area contributed by atoms with Crippen molar-refractivity contribution >= 4 is 39.1 Å². The van der Waals surface area contributed by atoms with Gasteiger partial charge in [-0.05, 0) is 54.9 Å². The normalized spacial score (nSPS) is 11.1. The number of rotatable bonds is 7. The van der Waals surface area contributed by atoms with Crippen molar-refractivity contribution in [3.63, 3.8) is 0 Å². The van der Waals surface area contributed by atoms with Crippen LogP contribution in [0.3, 0.4) is 0 Å². The number of halogens is 1. The number of benzene rings is 2. The molecule has 4 nitrogen and oxygen atoms in total. The maximum Gasteiger partial charge on any atom is 0.0737 e. The number of fused-ring (bicyclic) bond motifs is 2. The van der Waals surface area contributed by atoms with E-state index in [0.29, 0.717) is 5.02 Å². The summed E-state index contributed by atoms with van der Waals surface area (Å²) in [6.07, 6.45) is 4.78. The summed E-state index contributed by atoms with van der Waals surface area (Å²) in [5.74, 6) is 0. The molecule has 2 aromatic heterocycles. The van der Waals surface area contributed by atoms with Crippen LogP contribution < -0.4 is 10.6 Å². The summed E-state index contributed by atoms with van der Waals surface area (Å²) in [5, 5.41) is 9.97. The number of hydrogen-bond donors (Lipinski definition) is 2. The van der Waals surface area contributed by atoms with Crippen molar-refractivity contribution in [1.29, 1.82) is 0 Å². The largest absolute Gasteiger partial charge is 0.384 e. The molecule has 2 N–H and O–H groups in total. The molecule has 4 rings (SSSR count). The van der Waals surface area contributed by atoms with E-state index >= 15 is 0 Å². The van der Waals surface area contributed by atoms with Crippen LogP contribution in [-0.2, 0) is 6.54 Å². The second-order valence-electron chi connectivity index (χ2n) is 6.51. The van der Waals surface area contributed by atoms with Crippen LogP contribution in [0.15, 0.2) is 67.0 Å². The van der Waals surface area contributed by atoms with Crippen LogP contribution in [0.4, 0.5) is 5.69 Å². The molecule has 0 aliphatic carbocycles. The fraction of sp³-hybridized carbons (Fsp3) is 0.182. The summed E-state index contributed by atoms with van der Waals surface area (Å²) < 4.78 is 0. The first-order chi connectivity index (χ1) is 13.3. The van der Waals surface area contributed by atoms with Crippen molar-refractivity contribution in [3.05, 3.63) is 77.6 Å². The predicted octanol–water partition coefficient (Wildman–Crippen LogP) is 5.03. The van der Waals surface area contributed by atoms with Gasteiger partial charge in [0.05, 0.1) is 11.0 Å². The van der Waals surface area contributed by atoms with Gasteiger partial charge in [-0.25, -0.2) is 0 Å². The van der Waals surface area contributed by atoms with E-state index in [-0.39, 0.29) is 0 Å². The van der Waals surface area contributed by atoms with Gasteiger partial charge in [-0.1, -0.05) is 29.8 Å². The molecular formula is C22H21ClN4. The molecule has 0 unspecified atom stereocenters. The molecular weight excluding hydrogens is 356 g/mol. The smallest absolute Gasteiger partial charge is 0.0737 e. The lowest BCUT2D eigenvalue weighted by Gasteiger charge is -2.10. The van der Waals surface area contributed by atoms with Crippen molar-refractivity contribution in [2.75, 3.05) is 18.4 Å². The van der Waals surface area contributed by atoms with Gasteiger partial charge in [0.1, 0.15) is 0 Å². The van der Waals surface area contributed by atoms with Crippen molar-refractivity contribution < 1.29 is 0 Å². The van der Waals surface area contributed by atoms with E-state index in [1.807, 2.05) is 54.9 Å². The maximum atomic E-state index is 6.04. The van der Waals surface area contributed by atoms with Gasteiger partial charge in [0, 0.05) is 47.0 Å². The van der Waals surface area contributed by atoms with Gasteiger partial charge in [0.25, 0.3) is 0 Å². The number of para-hydroxylation sites is 1. The molecule has 0 bridgehead atoms. The summed E-state index contributed by atoms with van der Waals surface area (Å²) >= 11 is 6.04. The summed E-state index contributed by atoms with van der Waals surface area (Å²) in [5.41, 5.74) is 4.25. The minimum Gasteiger partial charge on any atom is -0.384 e. The average molecular weight is 377 g/mol. The van der Waals surface area contributed by atoms with Crippen molar-refractivity contribution in [2.45, 2.75) is 13.0 Å². The molecule has 2 heterocycles. The zero-order valence-corrected chi connectivity index (χ0v) is 15.7. The lowest BCUT2D eigenvalue weighted by molar-refractivity contribution is 0.662. The van der Waals surface area contributed by atoms with Gasteiger partial charge in [0.15, 0.2) is 0 Å². The van der Waals surface area contributed by atoms with Crippen LogP contribution in [0.25, 0.3) is 21.8 Å². The number of nitrogens with one attached hydrogen (secondary N) is 2. The lowest BCUT2D eigenvalue weighted by atomic mass is 10.1. The topological polar surface area (TPSA) is 49.8 Å². The van der Waals surface area contributed by atoms with E-state index < -0.39 is 0 Å². The third kappa shape index (κ3) is 4.35. The molecule has 0 amide bonds. The maximum absolute atomic E-state index is 6.04. The molecule has 27 heavy (non-hydrogen) atoms. The zero-order chi connectivity index (χ0) is 18.5. The van der Waals surface area contributed by atoms with E-state index in [4.69, 9.17) is 11.6 Å². The molecule has 2 aromatic carbocycles. The van der Waals surface area contributed by atoms with Crippen molar-refractivity contribution in [3.8, 4) is 0 Å². The molecule has 5 heteroatoms. The number of pyridine rings is 2. The highest BCUT2D eigenvalue weighted by Crippen LogP contribution is 2.24. The van der Waals surface area contributed by atoms with Crippen LogP contribution in [0.1, 0.15) is 12.0 Å². The lowest BCUT2D eigenvalue weighted by Crippen LogP contribution is -2.17. The summed E-state index contributed by atoms with van der Waals surface area (Å²) in [4.78, 5) is 8.88. The van der Waals surface area contributed by atoms with Gasteiger partial charge in [-0.2, -0.15) is 0 Å². The molecule has 0 atom stereocenters. The first-order valence-corrected chi connectivity index (χ1v) is 9.50. The number of aromatic nitrogens is 2. The van der Waals surface area contributed by atoms with Crippen LogP contribution in [-0.4, -0.2) is 23.1 Å². The summed E-state index contributed by atoms with van der Waals surface area (Å²) in [6, 6.07) is 18.2. The Morgan fingerprint density at radius 3 is 2.78 bits per heavy atom. The van der Waals surface area contributed by atoms with E-state index in [2.05, 4.69) is 32.7 Å². The van der Waals surface area contributed by atoms with Gasteiger partial charge in [-0.15, -0.1) is 0 Å². The first kappa shape index (κ1) is 17.7. The Morgan fingerprint density at radius 2 is 1.81 bits per heavy atom. The van der Waals surface area contributed by atoms with Gasteiger partial charge >= 0.3 is 0 Å². The Hall–Kier alpha value is -2.69. The fourth-order valence-electron chi connectivity index (χ4n) is 3.16. The van der Waals surface area contributed by atoms with Crippen molar-refractivity contribution in [1.82, 2.24) is 15.3 Å². The molecule has 0 fully saturated rings. The van der Waals surface area contributed by atoms with E-state index in [1.54, 1.807) is 0 Å². The van der Waals surface area contributed by atoms with Crippen LogP contribution >= 0.6 is 11.6 Å². The molecule has 0 aliphatic heterocycles. The minimum atomic E-state index is 0.708. The Bertz CT molecular complexity index is 1060. The highest BCUT2D eigenvalue weighted by Gasteiger charge is 2.02. The quantitative estimate of drug-likeness (QED) is 0.444. The van der Waals surface area contributed by atoms with Gasteiger partial charge in [-0.3, -0.25) is 9.97 Å². The highest BCUT2D eigenvalue weighted by molar-refractivity contribution is 6.31. The third-order valence-corrected chi connectivity index (χ3v) is 4.76. The van der Waals surface area contributed by atoms with E-state index in [0.717, 1.165) is 48.2 Å². The number of nitrogens with zero attached hydrogens (tertiary/aromatic N) is 2. The molecule has 0 radical (unpaired) electrons. The first-order valence-electron chi connectivity index (χ1n) is 9.12. The Kier molecular flexibility index (Phi) is 5.47. The number of hydrogen-bond acceptors (Lipinski definition) is 4. The van der Waals surface area contributed by atoms with Crippen LogP contribution in [0, 0.1) is 0 Å². The Balaban J connectivity index is 1.26. The third-order valence-electron chi connectivity index (χ3n) is 4.53. The Morgan fingerprint density at radius 1 is 0.889 bits per heavy atom. The highest BCUT2D eigenvalue weighted by atomic mass is 35.5. The molecule has 0 aliphatic rings. The van der Waals surface area contributed by atoms with Crippen molar-refractivity contribution in [2.24, 2.45) is 0 Å². The Labute approximate surface area is 163 Å². The standard InChI is InChI=1S/C22H21ClN4/c23-18-6-7-19-21(8-11-26-22(19)13-18)25-10-3-9-24-14-16-12-17-4-1-2-5-20(17)27-15-16/h1-2,4-8,11-13,15,24H,3,9-10,14H2,(H,25,26). The van der Waals surface area contributed by atoms with Crippen LogP contribution in [0.2, 0.25) is 5.02 Å². The second-order valence-corrected chi connectivity index (χ2v) is 6.95. The average Bonchev–Trinajstić information content (AvgIpc) is 2.70. The molecule has 0 spiro atoms. The van der Waals surface area contributed by atoms with E-state index in [9.17, 15) is 0 Å². The SMILES string of the molecule is Clc1ccc2c(NCCCNCc3cnc4ccccc4c3)ccnc2c1. The predicted molar refractivity (Wildman–Crippen MR) is 113 cm³/mol. The molecule has 136 valence electrons. The van der Waals surface area contributed by atoms with Gasteiger partial charge < -0.3 is 10.6 Å². The summed E-state index contributed by atoms with van der Waals surface area (Å²) in [7, 11) is 0. The number of anilines is 1. The molecule has 0 saturated carbocycles. The van der Waals surface area contributed by atoms with E-state index in [1.165, 1.54) is 10.9 Å². The van der Waals surface area contributed by atoms with Gasteiger partial charge in [0.2, 0.25) is 0 Å². The van der Waals surface area contributed by atoms with Crippen LogP contribution in [0.5, 0.6) is 0 Å².